The van der Waals surface area contributed by atoms with Gasteiger partial charge in [0.05, 0.1) is 5.92 Å². The van der Waals surface area contributed by atoms with E-state index in [-0.39, 0.29) is 30.5 Å². The minimum absolute atomic E-state index is 0.144. The molecule has 1 saturated heterocycles. The Morgan fingerprint density at radius 2 is 2.21 bits per heavy atom. The molecule has 2 aliphatic rings. The lowest BCUT2D eigenvalue weighted by Gasteiger charge is -2.19. The summed E-state index contributed by atoms with van der Waals surface area (Å²) in [7, 11) is 0. The van der Waals surface area contributed by atoms with Crippen LogP contribution < -0.4 is 0 Å². The van der Waals surface area contributed by atoms with Crippen molar-refractivity contribution < 1.29 is 23.9 Å². The average molecular weight is 332 g/mol. The van der Waals surface area contributed by atoms with Gasteiger partial charge in [0.1, 0.15) is 19.0 Å². The summed E-state index contributed by atoms with van der Waals surface area (Å²) in [5.41, 5.74) is 2.06. The Hall–Kier alpha value is -2.17. The number of carbonyl (C=O) groups is 3. The highest BCUT2D eigenvalue weighted by Gasteiger charge is 2.38. The Bertz CT molecular complexity index is 597. The van der Waals surface area contributed by atoms with Crippen molar-refractivity contribution in [1.82, 2.24) is 0 Å². The van der Waals surface area contributed by atoms with Crippen molar-refractivity contribution in [3.8, 4) is 0 Å². The first-order valence-electron chi connectivity index (χ1n) is 8.31. The molecular weight excluding hydrogens is 308 g/mol. The van der Waals surface area contributed by atoms with Crippen LogP contribution in [0.2, 0.25) is 0 Å². The molecule has 2 unspecified atom stereocenters. The fourth-order valence-electron chi connectivity index (χ4n) is 2.86. The van der Waals surface area contributed by atoms with E-state index in [1.165, 1.54) is 0 Å². The van der Waals surface area contributed by atoms with Crippen LogP contribution in [0, 0.1) is 11.8 Å². The molecule has 0 aromatic heterocycles. The molecular formula is C19H24O5. The maximum absolute atomic E-state index is 11.8. The molecule has 0 aromatic carbocycles. The maximum atomic E-state index is 11.8. The van der Waals surface area contributed by atoms with E-state index in [9.17, 15) is 14.4 Å². The quantitative estimate of drug-likeness (QED) is 0.343. The number of hydrogen-bond donors (Lipinski definition) is 0. The van der Waals surface area contributed by atoms with Crippen molar-refractivity contribution in [2.75, 3.05) is 6.61 Å². The number of aldehydes is 1. The monoisotopic (exact) mass is 332 g/mol. The molecule has 1 fully saturated rings. The van der Waals surface area contributed by atoms with Crippen LogP contribution >= 0.6 is 0 Å². The lowest BCUT2D eigenvalue weighted by Crippen LogP contribution is -2.19. The minimum atomic E-state index is -0.393. The smallest absolute Gasteiger partial charge is 0.334 e. The lowest BCUT2D eigenvalue weighted by molar-refractivity contribution is -0.146. The zero-order valence-corrected chi connectivity index (χ0v) is 14.2. The second kappa shape index (κ2) is 8.08. The van der Waals surface area contributed by atoms with Gasteiger partial charge in [0.2, 0.25) is 0 Å². The molecule has 0 spiro atoms. The third-order valence-electron chi connectivity index (χ3n) is 4.41. The number of hydrogen-bond acceptors (Lipinski definition) is 5. The molecule has 24 heavy (non-hydrogen) atoms. The van der Waals surface area contributed by atoms with E-state index in [1.54, 1.807) is 13.8 Å². The summed E-state index contributed by atoms with van der Waals surface area (Å²) in [5, 5.41) is 0. The summed E-state index contributed by atoms with van der Waals surface area (Å²) in [4.78, 5) is 34.7. The molecule has 0 saturated carbocycles. The van der Waals surface area contributed by atoms with Crippen LogP contribution in [-0.4, -0.2) is 30.9 Å². The Balaban J connectivity index is 2.15. The first kappa shape index (κ1) is 18.2. The molecule has 1 heterocycles. The number of fused-ring (bicyclic) bond motifs is 1. The zero-order chi connectivity index (χ0) is 17.7. The summed E-state index contributed by atoms with van der Waals surface area (Å²) in [6.07, 6.45) is 6.75. The van der Waals surface area contributed by atoms with E-state index >= 15 is 0 Å². The molecule has 1 aliphatic heterocycles. The Morgan fingerprint density at radius 3 is 2.88 bits per heavy atom. The predicted octanol–water partition coefficient (Wildman–Crippen LogP) is 2.91. The van der Waals surface area contributed by atoms with Gasteiger partial charge in [-0.3, -0.25) is 9.59 Å². The van der Waals surface area contributed by atoms with Crippen molar-refractivity contribution >= 4 is 18.2 Å². The van der Waals surface area contributed by atoms with Gasteiger partial charge in [0.25, 0.3) is 0 Å². The molecule has 1 aliphatic carbocycles. The van der Waals surface area contributed by atoms with Crippen LogP contribution in [0.15, 0.2) is 35.5 Å². The molecule has 0 bridgehead atoms. The summed E-state index contributed by atoms with van der Waals surface area (Å²) in [5.74, 6) is -0.944. The first-order valence-corrected chi connectivity index (χ1v) is 8.31. The molecule has 2 rings (SSSR count). The molecule has 130 valence electrons. The fraction of sp³-hybridized carbons (Fsp3) is 0.526. The number of esters is 2. The Labute approximate surface area is 142 Å². The van der Waals surface area contributed by atoms with E-state index < -0.39 is 5.97 Å². The van der Waals surface area contributed by atoms with Crippen LogP contribution in [0.4, 0.5) is 0 Å². The van der Waals surface area contributed by atoms with Gasteiger partial charge < -0.3 is 9.47 Å². The van der Waals surface area contributed by atoms with Crippen LogP contribution in [0.25, 0.3) is 0 Å². The second-order valence-corrected chi connectivity index (χ2v) is 6.58. The SMILES string of the molecule is C=C1C(=O)OC2CC(C=O)=CCCC(COC(=O)C(C)C)=CCC12. The summed E-state index contributed by atoms with van der Waals surface area (Å²) >= 11 is 0. The van der Waals surface area contributed by atoms with E-state index in [0.29, 0.717) is 36.8 Å². The molecule has 5 heteroatoms. The average Bonchev–Trinajstić information content (AvgIpc) is 2.82. The first-order chi connectivity index (χ1) is 11.4. The predicted molar refractivity (Wildman–Crippen MR) is 89.0 cm³/mol. The highest BCUT2D eigenvalue weighted by molar-refractivity contribution is 5.91. The van der Waals surface area contributed by atoms with E-state index in [2.05, 4.69) is 6.58 Å². The summed E-state index contributed by atoms with van der Waals surface area (Å²) in [6, 6.07) is 0. The van der Waals surface area contributed by atoms with Gasteiger partial charge in [-0.2, -0.15) is 0 Å². The molecule has 0 N–H and O–H groups in total. The topological polar surface area (TPSA) is 69.7 Å². The number of allylic oxidation sites excluding steroid dienone is 2. The van der Waals surface area contributed by atoms with E-state index in [1.807, 2.05) is 12.2 Å². The van der Waals surface area contributed by atoms with Gasteiger partial charge in [-0.15, -0.1) is 0 Å². The van der Waals surface area contributed by atoms with Crippen LogP contribution in [-0.2, 0) is 23.9 Å². The summed E-state index contributed by atoms with van der Waals surface area (Å²) < 4.78 is 10.7. The summed E-state index contributed by atoms with van der Waals surface area (Å²) in [6.45, 7) is 7.64. The van der Waals surface area contributed by atoms with Gasteiger partial charge in [0.15, 0.2) is 0 Å². The van der Waals surface area contributed by atoms with Crippen LogP contribution in [0.1, 0.15) is 39.5 Å². The fourth-order valence-corrected chi connectivity index (χ4v) is 2.86. The minimum Gasteiger partial charge on any atom is -0.461 e. The van der Waals surface area contributed by atoms with E-state index in [0.717, 1.165) is 11.9 Å². The molecule has 0 radical (unpaired) electrons. The van der Waals surface area contributed by atoms with Crippen molar-refractivity contribution in [2.45, 2.75) is 45.6 Å². The van der Waals surface area contributed by atoms with Crippen LogP contribution in [0.3, 0.4) is 0 Å². The normalized spacial score (nSPS) is 24.6. The van der Waals surface area contributed by atoms with Crippen LogP contribution in [0.5, 0.6) is 0 Å². The van der Waals surface area contributed by atoms with E-state index in [4.69, 9.17) is 9.47 Å². The van der Waals surface area contributed by atoms with Gasteiger partial charge in [-0.05, 0) is 30.4 Å². The maximum Gasteiger partial charge on any atom is 0.334 e. The third-order valence-corrected chi connectivity index (χ3v) is 4.41. The number of rotatable bonds is 4. The van der Waals surface area contributed by atoms with Crippen molar-refractivity contribution in [3.05, 3.63) is 35.5 Å². The molecule has 0 aromatic rings. The number of ether oxygens (including phenoxy) is 2. The number of carbonyl (C=O) groups excluding carboxylic acids is 3. The second-order valence-electron chi connectivity index (χ2n) is 6.58. The zero-order valence-electron chi connectivity index (χ0n) is 14.2. The highest BCUT2D eigenvalue weighted by Crippen LogP contribution is 2.34. The molecule has 2 atom stereocenters. The van der Waals surface area contributed by atoms with Crippen molar-refractivity contribution in [3.63, 3.8) is 0 Å². The molecule has 5 nitrogen and oxygen atoms in total. The lowest BCUT2D eigenvalue weighted by atomic mass is 9.88. The third kappa shape index (κ3) is 4.43. The Kier molecular flexibility index (Phi) is 6.12. The van der Waals surface area contributed by atoms with Gasteiger partial charge in [-0.25, -0.2) is 4.79 Å². The van der Waals surface area contributed by atoms with Gasteiger partial charge >= 0.3 is 11.9 Å². The largest absolute Gasteiger partial charge is 0.461 e. The standard InChI is InChI=1S/C19H24O5/c1-12(2)18(21)23-11-14-5-4-6-15(10-20)9-17-16(8-7-14)13(3)19(22)24-17/h6-7,10,12,16-17H,3-5,8-9,11H2,1-2H3. The molecule has 0 amide bonds. The highest BCUT2D eigenvalue weighted by atomic mass is 16.6. The van der Waals surface area contributed by atoms with Crippen molar-refractivity contribution in [1.29, 1.82) is 0 Å². The van der Waals surface area contributed by atoms with Gasteiger partial charge in [-0.1, -0.05) is 32.6 Å². The van der Waals surface area contributed by atoms with Gasteiger partial charge in [0, 0.05) is 17.9 Å². The Morgan fingerprint density at radius 1 is 1.46 bits per heavy atom. The van der Waals surface area contributed by atoms with Crippen molar-refractivity contribution in [2.24, 2.45) is 11.8 Å².